The van der Waals surface area contributed by atoms with E-state index in [2.05, 4.69) is 15.3 Å². The van der Waals surface area contributed by atoms with Gasteiger partial charge in [-0.15, -0.1) is 0 Å². The van der Waals surface area contributed by atoms with Crippen molar-refractivity contribution < 1.29 is 13.0 Å². The maximum atomic E-state index is 11.8. The van der Waals surface area contributed by atoms with E-state index in [1.807, 2.05) is 17.7 Å². The van der Waals surface area contributed by atoms with Gasteiger partial charge in [0.15, 0.2) is 10.6 Å². The average Bonchev–Trinajstić information content (AvgIpc) is 3.21. The van der Waals surface area contributed by atoms with Crippen LogP contribution < -0.4 is 15.8 Å². The van der Waals surface area contributed by atoms with Crippen molar-refractivity contribution in [1.29, 1.82) is 0 Å². The first-order valence-corrected chi connectivity index (χ1v) is 9.75. The predicted octanol–water partition coefficient (Wildman–Crippen LogP) is 0.669. The Hall–Kier alpha value is -2.27. The third-order valence-corrected chi connectivity index (χ3v) is 5.25. The summed E-state index contributed by atoms with van der Waals surface area (Å²) in [5.41, 5.74) is 1.16. The molecule has 10 heteroatoms. The molecule has 1 aliphatic rings. The average molecular weight is 379 g/mol. The Morgan fingerprint density at radius 2 is 2.23 bits per heavy atom. The number of hydrogen-bond donors (Lipinski definition) is 3. The van der Waals surface area contributed by atoms with Gasteiger partial charge in [0.1, 0.15) is 6.54 Å². The van der Waals surface area contributed by atoms with E-state index in [0.717, 1.165) is 18.5 Å². The van der Waals surface area contributed by atoms with Gasteiger partial charge in [-0.25, -0.2) is 9.98 Å². The molecule has 0 bridgehead atoms. The third-order valence-electron chi connectivity index (χ3n) is 4.35. The number of aromatic nitrogens is 2. The number of hydrogen-bond acceptors (Lipinski definition) is 6. The van der Waals surface area contributed by atoms with Crippen LogP contribution in [0.25, 0.3) is 0 Å². The summed E-state index contributed by atoms with van der Waals surface area (Å²) in [5.74, 6) is 7.01. The lowest BCUT2D eigenvalue weighted by atomic mass is 10.2. The molecule has 1 aromatic carbocycles. The molecular formula is C16H23N6O3S+. The molecule has 2 heterocycles. The molecular weight excluding hydrogens is 356 g/mol. The van der Waals surface area contributed by atoms with Crippen molar-refractivity contribution in [2.45, 2.75) is 24.8 Å². The maximum Gasteiger partial charge on any atom is 0.322 e. The number of aliphatic imine (C=N–C) groups is 1. The Morgan fingerprint density at radius 1 is 1.42 bits per heavy atom. The van der Waals surface area contributed by atoms with Gasteiger partial charge in [0, 0.05) is 31.5 Å². The predicted molar refractivity (Wildman–Crippen MR) is 99.0 cm³/mol. The fraction of sp³-hybridized carbons (Fsp3) is 0.375. The van der Waals surface area contributed by atoms with Crippen LogP contribution in [0.1, 0.15) is 12.0 Å². The van der Waals surface area contributed by atoms with E-state index in [4.69, 9.17) is 5.84 Å². The molecule has 3 rings (SSSR count). The van der Waals surface area contributed by atoms with Crippen molar-refractivity contribution in [2.75, 3.05) is 19.6 Å². The van der Waals surface area contributed by atoms with Gasteiger partial charge in [-0.3, -0.25) is 4.55 Å². The lowest BCUT2D eigenvalue weighted by Gasteiger charge is -2.29. The normalized spacial score (nSPS) is 20.2. The zero-order valence-corrected chi connectivity index (χ0v) is 15.4. The molecule has 1 aliphatic heterocycles. The van der Waals surface area contributed by atoms with Crippen LogP contribution in [0, 0.1) is 6.92 Å². The lowest BCUT2D eigenvalue weighted by molar-refractivity contribution is 0.435. The summed E-state index contributed by atoms with van der Waals surface area (Å²) in [7, 11) is -4.39. The number of nitrogens with one attached hydrogen (secondary N) is 1. The topological polar surface area (TPSA) is 123 Å². The zero-order chi connectivity index (χ0) is 18.8. The van der Waals surface area contributed by atoms with E-state index in [1.54, 1.807) is 24.7 Å². The van der Waals surface area contributed by atoms with Crippen molar-refractivity contribution >= 4 is 21.8 Å². The zero-order valence-electron chi connectivity index (χ0n) is 14.5. The number of rotatable bonds is 6. The molecule has 0 saturated carbocycles. The molecule has 0 amide bonds. The highest BCUT2D eigenvalue weighted by molar-refractivity contribution is 7.86. The number of guanidine groups is 1. The lowest BCUT2D eigenvalue weighted by Crippen LogP contribution is -2.63. The van der Waals surface area contributed by atoms with E-state index >= 15 is 0 Å². The first-order chi connectivity index (χ1) is 12.3. The van der Waals surface area contributed by atoms with Gasteiger partial charge < -0.3 is 9.88 Å². The molecule has 1 unspecified atom stereocenters. The molecule has 0 radical (unpaired) electrons. The van der Waals surface area contributed by atoms with E-state index in [1.165, 1.54) is 6.07 Å². The van der Waals surface area contributed by atoms with Gasteiger partial charge in [-0.1, -0.05) is 6.07 Å². The second-order valence-corrected chi connectivity index (χ2v) is 7.71. The second kappa shape index (κ2) is 7.16. The molecule has 0 saturated heterocycles. The van der Waals surface area contributed by atoms with Crippen LogP contribution >= 0.6 is 0 Å². The first-order valence-electron chi connectivity index (χ1n) is 8.31. The number of quaternary nitrogens is 1. The summed E-state index contributed by atoms with van der Waals surface area (Å²) in [6, 6.07) is 4.68. The van der Waals surface area contributed by atoms with Crippen LogP contribution in [-0.2, 0) is 16.7 Å². The number of nitrogens with zero attached hydrogens (tertiary/aromatic N) is 4. The molecule has 4 N–H and O–H groups in total. The van der Waals surface area contributed by atoms with Crippen molar-refractivity contribution in [2.24, 2.45) is 10.8 Å². The molecule has 1 aromatic heterocycles. The summed E-state index contributed by atoms with van der Waals surface area (Å²) < 4.78 is 34.8. The van der Waals surface area contributed by atoms with E-state index in [-0.39, 0.29) is 9.49 Å². The summed E-state index contributed by atoms with van der Waals surface area (Å²) in [4.78, 5) is 8.21. The van der Waals surface area contributed by atoms with Crippen LogP contribution in [0.2, 0.25) is 0 Å². The standard InChI is InChI=1S/C16H22N6O3S/c1-13-3-4-15(26(23,24)25)14(11-13)22(17)10-7-20-16(22)19-5-2-8-21-9-6-18-12-21/h3-4,6,9,11-12H,2,5,7-8,10,17H2,1H3,(H-,19,20,23,24,25)/p+1. The fourth-order valence-corrected chi connectivity index (χ4v) is 3.74. The van der Waals surface area contributed by atoms with Crippen LogP contribution in [0.5, 0.6) is 0 Å². The molecule has 26 heavy (non-hydrogen) atoms. The Morgan fingerprint density at radius 3 is 2.92 bits per heavy atom. The highest BCUT2D eigenvalue weighted by atomic mass is 32.2. The van der Waals surface area contributed by atoms with Crippen molar-refractivity contribution in [3.8, 4) is 0 Å². The molecule has 0 fully saturated rings. The molecule has 0 aliphatic carbocycles. The minimum Gasteiger partial charge on any atom is -0.337 e. The summed E-state index contributed by atoms with van der Waals surface area (Å²) in [5, 5.41) is 3.22. The van der Waals surface area contributed by atoms with E-state index in [9.17, 15) is 13.0 Å². The highest BCUT2D eigenvalue weighted by Crippen LogP contribution is 2.31. The van der Waals surface area contributed by atoms with Crippen LogP contribution in [-0.4, -0.2) is 48.1 Å². The molecule has 9 nitrogen and oxygen atoms in total. The quantitative estimate of drug-likeness (QED) is 0.293. The Bertz CT molecular complexity index is 910. The van der Waals surface area contributed by atoms with E-state index in [0.29, 0.717) is 31.3 Å². The molecule has 140 valence electrons. The Kier molecular flexibility index (Phi) is 5.10. The summed E-state index contributed by atoms with van der Waals surface area (Å²) in [6.07, 6.45) is 6.20. The summed E-state index contributed by atoms with van der Waals surface area (Å²) >= 11 is 0. The summed E-state index contributed by atoms with van der Waals surface area (Å²) in [6.45, 7) is 4.15. The number of nitrogens with two attached hydrogens (primary N) is 1. The first kappa shape index (κ1) is 18.5. The van der Waals surface area contributed by atoms with Gasteiger partial charge >= 0.3 is 16.1 Å². The minimum atomic E-state index is -4.39. The number of aryl methyl sites for hydroxylation is 2. The van der Waals surface area contributed by atoms with Crippen molar-refractivity contribution in [3.63, 3.8) is 0 Å². The molecule has 0 spiro atoms. The number of imidazole rings is 1. The monoisotopic (exact) mass is 379 g/mol. The third kappa shape index (κ3) is 3.78. The highest BCUT2D eigenvalue weighted by Gasteiger charge is 2.42. The largest absolute Gasteiger partial charge is 0.337 e. The maximum absolute atomic E-state index is 11.8. The van der Waals surface area contributed by atoms with Gasteiger partial charge in [-0.2, -0.15) is 18.9 Å². The van der Waals surface area contributed by atoms with Crippen molar-refractivity contribution in [1.82, 2.24) is 19.5 Å². The van der Waals surface area contributed by atoms with Crippen LogP contribution in [0.3, 0.4) is 0 Å². The minimum absolute atomic E-state index is 0.194. The van der Waals surface area contributed by atoms with Gasteiger partial charge in [0.25, 0.3) is 0 Å². The van der Waals surface area contributed by atoms with Gasteiger partial charge in [0.2, 0.25) is 0 Å². The van der Waals surface area contributed by atoms with Crippen molar-refractivity contribution in [3.05, 3.63) is 42.5 Å². The fourth-order valence-electron chi connectivity index (χ4n) is 3.02. The Labute approximate surface area is 152 Å². The SMILES string of the molecule is Cc1ccc(S(=O)(=O)O)c([N+]2(N)CCN=C2NCCCn2ccnc2)c1. The van der Waals surface area contributed by atoms with Gasteiger partial charge in [0.05, 0.1) is 12.9 Å². The molecule has 2 aromatic rings. The second-order valence-electron chi connectivity index (χ2n) is 6.32. The number of benzene rings is 1. The molecule has 1 atom stereocenters. The van der Waals surface area contributed by atoms with Crippen LogP contribution in [0.15, 0.2) is 46.8 Å². The van der Waals surface area contributed by atoms with E-state index < -0.39 is 10.1 Å². The smallest absolute Gasteiger partial charge is 0.322 e. The Balaban J connectivity index is 1.78. The van der Waals surface area contributed by atoms with Crippen LogP contribution in [0.4, 0.5) is 5.69 Å². The van der Waals surface area contributed by atoms with Gasteiger partial charge in [-0.05, 0) is 25.0 Å².